The fourth-order valence-electron chi connectivity index (χ4n) is 9.36. The third-order valence-corrected chi connectivity index (χ3v) is 13.1. The second kappa shape index (κ2) is 18.9. The summed E-state index contributed by atoms with van der Waals surface area (Å²) in [4.78, 5) is 5.04. The van der Waals surface area contributed by atoms with Gasteiger partial charge in [-0.2, -0.15) is 22.9 Å². The molecule has 3 heterocycles. The van der Waals surface area contributed by atoms with Crippen LogP contribution in [-0.4, -0.2) is 19.2 Å². The van der Waals surface area contributed by atoms with Gasteiger partial charge in [0.15, 0.2) is 5.82 Å². The minimum absolute atomic E-state index is 0. The number of pyridine rings is 1. The number of nitrogens with zero attached hydrogens (tertiary/aromatic N) is 5. The van der Waals surface area contributed by atoms with Crippen molar-refractivity contribution in [1.29, 1.82) is 0 Å². The first-order valence-electron chi connectivity index (χ1n) is 23.9. The van der Waals surface area contributed by atoms with Crippen LogP contribution >= 0.6 is 0 Å². The SMILES string of the molecule is Cc1cc(-n2c3[c-]c(Oc4[c-]c(-n5[c-][n+](-c6cc(C(C)(C)C)cc(C(C)(C)C)c6)nc5-c5c(-c6ccccc6)cccc5-c5ccccc5)ccc4)ccc3c3ccccc32)ncc1-c1ccccc1.[Pt]. The van der Waals surface area contributed by atoms with Gasteiger partial charge in [0, 0.05) is 55.4 Å². The fourth-order valence-corrected chi connectivity index (χ4v) is 9.36. The van der Waals surface area contributed by atoms with E-state index in [-0.39, 0.29) is 31.9 Å². The molecule has 11 rings (SSSR count). The molecular weight excluding hydrogens is 1050 g/mol. The van der Waals surface area contributed by atoms with Crippen molar-refractivity contribution in [3.63, 3.8) is 0 Å². The van der Waals surface area contributed by atoms with E-state index in [1.165, 1.54) is 11.1 Å². The molecule has 6 nitrogen and oxygen atoms in total. The molecule has 0 spiro atoms. The van der Waals surface area contributed by atoms with Crippen molar-refractivity contribution in [3.8, 4) is 73.5 Å². The number of hydrogen-bond acceptors (Lipinski definition) is 3. The zero-order chi connectivity index (χ0) is 48.1. The van der Waals surface area contributed by atoms with Crippen molar-refractivity contribution in [1.82, 2.24) is 19.2 Å². The smallest absolute Gasteiger partial charge is 0.272 e. The number of benzene rings is 8. The summed E-state index contributed by atoms with van der Waals surface area (Å²) in [6, 6.07) is 72.7. The second-order valence-corrected chi connectivity index (χ2v) is 20.1. The Bertz CT molecular complexity index is 3620. The zero-order valence-corrected chi connectivity index (χ0v) is 43.2. The molecule has 0 bridgehead atoms. The van der Waals surface area contributed by atoms with Gasteiger partial charge in [-0.05, 0) is 79.8 Å². The molecule has 0 saturated carbocycles. The Labute approximate surface area is 431 Å². The number of ether oxygens (including phenoxy) is 1. The quantitative estimate of drug-likeness (QED) is 0.107. The third-order valence-electron chi connectivity index (χ3n) is 13.1. The Balaban J connectivity index is 0.00000582. The zero-order valence-electron chi connectivity index (χ0n) is 40.9. The first kappa shape index (κ1) is 47.0. The molecule has 7 heteroatoms. The summed E-state index contributed by atoms with van der Waals surface area (Å²) in [7, 11) is 0. The molecule has 0 atom stereocenters. The van der Waals surface area contributed by atoms with Crippen molar-refractivity contribution in [2.75, 3.05) is 0 Å². The number of aromatic nitrogens is 5. The summed E-state index contributed by atoms with van der Waals surface area (Å²) < 4.78 is 12.9. The van der Waals surface area contributed by atoms with Crippen LogP contribution in [0.3, 0.4) is 0 Å². The molecule has 3 aromatic heterocycles. The molecular formula is C64H53N5OPt-2. The molecule has 8 aromatic carbocycles. The second-order valence-electron chi connectivity index (χ2n) is 20.1. The molecule has 0 N–H and O–H groups in total. The normalized spacial score (nSPS) is 11.8. The molecule has 11 aromatic rings. The van der Waals surface area contributed by atoms with E-state index in [1.54, 1.807) is 0 Å². The van der Waals surface area contributed by atoms with Crippen LogP contribution in [-0.2, 0) is 31.9 Å². The number of fused-ring (bicyclic) bond motifs is 3. The van der Waals surface area contributed by atoms with Crippen LogP contribution in [0.15, 0.2) is 194 Å². The summed E-state index contributed by atoms with van der Waals surface area (Å²) in [6.45, 7) is 15.7. The van der Waals surface area contributed by atoms with Gasteiger partial charge in [0.05, 0.1) is 5.69 Å². The van der Waals surface area contributed by atoms with Crippen LogP contribution in [0.2, 0.25) is 0 Å². The topological polar surface area (TPSA) is 48.8 Å². The van der Waals surface area contributed by atoms with Gasteiger partial charge in [-0.15, -0.1) is 34.8 Å². The van der Waals surface area contributed by atoms with Gasteiger partial charge >= 0.3 is 0 Å². The van der Waals surface area contributed by atoms with Gasteiger partial charge in [-0.1, -0.05) is 198 Å². The molecule has 0 aliphatic rings. The van der Waals surface area contributed by atoms with Gasteiger partial charge < -0.3 is 13.9 Å². The number of aryl methyl sites for hydroxylation is 1. The van der Waals surface area contributed by atoms with E-state index in [1.807, 2.05) is 45.8 Å². The van der Waals surface area contributed by atoms with E-state index >= 15 is 0 Å². The largest absolute Gasteiger partial charge is 0.510 e. The van der Waals surface area contributed by atoms with Gasteiger partial charge in [0.25, 0.3) is 6.33 Å². The van der Waals surface area contributed by atoms with E-state index < -0.39 is 0 Å². The van der Waals surface area contributed by atoms with E-state index in [9.17, 15) is 0 Å². The van der Waals surface area contributed by atoms with Gasteiger partial charge in [0.2, 0.25) is 0 Å². The summed E-state index contributed by atoms with van der Waals surface area (Å²) in [6.07, 6.45) is 5.69. The predicted octanol–water partition coefficient (Wildman–Crippen LogP) is 15.4. The molecule has 0 saturated heterocycles. The Hall–Kier alpha value is -7.66. The number of rotatable bonds is 9. The van der Waals surface area contributed by atoms with Crippen LogP contribution in [0, 0.1) is 25.4 Å². The molecule has 0 unspecified atom stereocenters. The first-order valence-corrected chi connectivity index (χ1v) is 23.9. The molecule has 0 aliphatic heterocycles. The van der Waals surface area contributed by atoms with Crippen LogP contribution < -0.4 is 9.42 Å². The standard InChI is InChI=1S/C64H53N5O.Pt/c1-43-35-60(65-41-57(43)46-25-15-10-16-26-46)69-58-32-18-17-29-55(58)56-34-33-52(40-59(56)69)70-51-28-19-27-49(39-51)67-42-68(50-37-47(63(2,3)4)36-48(38-50)64(5,6)7)66-62(67)61-53(44-21-11-8-12-22-44)30-20-31-54(61)45-23-13-9-14-24-45;/h8-38,41H,1-7H3;/q-2;. The Morgan fingerprint density at radius 2 is 1.10 bits per heavy atom. The Morgan fingerprint density at radius 3 is 1.70 bits per heavy atom. The van der Waals surface area contributed by atoms with Crippen LogP contribution in [0.25, 0.3) is 83.8 Å². The van der Waals surface area contributed by atoms with Crippen molar-refractivity contribution in [2.24, 2.45) is 0 Å². The molecule has 0 aliphatic carbocycles. The van der Waals surface area contributed by atoms with Gasteiger partial charge in [-0.25, -0.2) is 4.98 Å². The maximum Gasteiger partial charge on any atom is 0.272 e. The monoisotopic (exact) mass is 1100 g/mol. The first-order chi connectivity index (χ1) is 33.9. The molecule has 0 radical (unpaired) electrons. The minimum atomic E-state index is -0.0986. The predicted molar refractivity (Wildman–Crippen MR) is 284 cm³/mol. The summed E-state index contributed by atoms with van der Waals surface area (Å²) in [5, 5.41) is 7.71. The van der Waals surface area contributed by atoms with Crippen LogP contribution in [0.5, 0.6) is 11.5 Å². The number of hydrogen-bond donors (Lipinski definition) is 0. The van der Waals surface area contributed by atoms with Crippen molar-refractivity contribution >= 4 is 21.8 Å². The minimum Gasteiger partial charge on any atom is -0.510 e. The Morgan fingerprint density at radius 1 is 0.535 bits per heavy atom. The van der Waals surface area contributed by atoms with E-state index in [0.29, 0.717) is 17.3 Å². The van der Waals surface area contributed by atoms with Gasteiger partial charge in [-0.3, -0.25) is 0 Å². The van der Waals surface area contributed by atoms with Crippen LogP contribution in [0.1, 0.15) is 58.2 Å². The summed E-state index contributed by atoms with van der Waals surface area (Å²) >= 11 is 0. The fraction of sp³-hybridized carbons (Fsp3) is 0.141. The van der Waals surface area contributed by atoms with Crippen LogP contribution in [0.4, 0.5) is 0 Å². The average molecular weight is 1100 g/mol. The van der Waals surface area contributed by atoms with E-state index in [0.717, 1.165) is 83.5 Å². The van der Waals surface area contributed by atoms with Gasteiger partial charge in [0.1, 0.15) is 5.82 Å². The van der Waals surface area contributed by atoms with Crippen molar-refractivity contribution in [3.05, 3.63) is 229 Å². The third kappa shape index (κ3) is 9.17. The number of para-hydroxylation sites is 1. The summed E-state index contributed by atoms with van der Waals surface area (Å²) in [5.74, 6) is 2.61. The maximum absolute atomic E-state index is 6.77. The maximum atomic E-state index is 6.77. The summed E-state index contributed by atoms with van der Waals surface area (Å²) in [5.41, 5.74) is 14.5. The van der Waals surface area contributed by atoms with E-state index in [2.05, 4.69) is 229 Å². The molecule has 71 heavy (non-hydrogen) atoms. The Kier molecular flexibility index (Phi) is 12.5. The average Bonchev–Trinajstić information content (AvgIpc) is 3.96. The van der Waals surface area contributed by atoms with Crippen molar-refractivity contribution in [2.45, 2.75) is 59.3 Å². The molecule has 352 valence electrons. The van der Waals surface area contributed by atoms with Crippen molar-refractivity contribution < 1.29 is 30.5 Å². The molecule has 0 fully saturated rings. The molecule has 0 amide bonds. The van der Waals surface area contributed by atoms with E-state index in [4.69, 9.17) is 14.8 Å².